The summed E-state index contributed by atoms with van der Waals surface area (Å²) in [5.41, 5.74) is 0.986. The molecule has 5 heteroatoms. The summed E-state index contributed by atoms with van der Waals surface area (Å²) < 4.78 is 5.08. The lowest BCUT2D eigenvalue weighted by atomic mass is 10.1. The van der Waals surface area contributed by atoms with Crippen molar-refractivity contribution in [3.8, 4) is 0 Å². The van der Waals surface area contributed by atoms with Gasteiger partial charge in [0.25, 0.3) is 0 Å². The van der Waals surface area contributed by atoms with Gasteiger partial charge in [0.1, 0.15) is 6.04 Å². The molecule has 1 unspecified atom stereocenters. The maximum atomic E-state index is 12.2. The van der Waals surface area contributed by atoms with Crippen LogP contribution in [0.4, 0.5) is 4.79 Å². The summed E-state index contributed by atoms with van der Waals surface area (Å²) in [6.45, 7) is 6.16. The topological polar surface area (TPSA) is 67.4 Å². The Morgan fingerprint density at radius 2 is 1.82 bits per heavy atom. The lowest BCUT2D eigenvalue weighted by Gasteiger charge is -2.20. The number of hydrogen-bond acceptors (Lipinski definition) is 3. The molecule has 0 saturated heterocycles. The number of nitrogens with one attached hydrogen (secondary N) is 2. The number of alkyl carbamates (subject to hydrolysis) is 1. The summed E-state index contributed by atoms with van der Waals surface area (Å²) >= 11 is 0. The average Bonchev–Trinajstić information content (AvgIpc) is 2.47. The molecule has 1 atom stereocenters. The highest BCUT2D eigenvalue weighted by Gasteiger charge is 2.22. The molecular formula is C17H26N2O3. The van der Waals surface area contributed by atoms with E-state index in [0.717, 1.165) is 18.4 Å². The van der Waals surface area contributed by atoms with Crippen LogP contribution >= 0.6 is 0 Å². The molecule has 1 rings (SSSR count). The first-order chi connectivity index (χ1) is 10.5. The molecule has 1 aromatic carbocycles. The lowest BCUT2D eigenvalue weighted by Crippen LogP contribution is -2.49. The van der Waals surface area contributed by atoms with E-state index in [1.165, 1.54) is 0 Å². The monoisotopic (exact) mass is 306 g/mol. The summed E-state index contributed by atoms with van der Waals surface area (Å²) in [4.78, 5) is 24.0. The fraction of sp³-hybridized carbons (Fsp3) is 0.529. The SMILES string of the molecule is CCCCOC(=O)NC(Cc1ccccc1)C(=O)NC(C)C. The first-order valence-electron chi connectivity index (χ1n) is 7.80. The number of ether oxygens (including phenoxy) is 1. The molecule has 0 saturated carbocycles. The van der Waals surface area contributed by atoms with Crippen molar-refractivity contribution in [2.45, 2.75) is 52.1 Å². The molecule has 0 spiro atoms. The molecule has 0 bridgehead atoms. The fourth-order valence-electron chi connectivity index (χ4n) is 1.94. The van der Waals surface area contributed by atoms with Gasteiger partial charge in [0.05, 0.1) is 6.61 Å². The van der Waals surface area contributed by atoms with Crippen molar-refractivity contribution in [1.29, 1.82) is 0 Å². The summed E-state index contributed by atoms with van der Waals surface area (Å²) in [6, 6.07) is 8.97. The molecule has 0 heterocycles. The third-order valence-electron chi connectivity index (χ3n) is 3.05. The predicted molar refractivity (Wildman–Crippen MR) is 86.6 cm³/mol. The largest absolute Gasteiger partial charge is 0.450 e. The van der Waals surface area contributed by atoms with Crippen LogP contribution in [0.25, 0.3) is 0 Å². The Kier molecular flexibility index (Phi) is 8.04. The third-order valence-corrected chi connectivity index (χ3v) is 3.05. The molecule has 0 aliphatic rings. The molecule has 0 aromatic heterocycles. The second-order valence-electron chi connectivity index (χ2n) is 5.54. The van der Waals surface area contributed by atoms with Gasteiger partial charge in [-0.1, -0.05) is 43.7 Å². The Bertz CT molecular complexity index is 460. The van der Waals surface area contributed by atoms with E-state index < -0.39 is 12.1 Å². The molecule has 1 aromatic rings. The maximum Gasteiger partial charge on any atom is 0.407 e. The Morgan fingerprint density at radius 1 is 1.14 bits per heavy atom. The molecule has 0 fully saturated rings. The normalized spacial score (nSPS) is 11.8. The quantitative estimate of drug-likeness (QED) is 0.726. The van der Waals surface area contributed by atoms with Crippen LogP contribution in [-0.2, 0) is 16.0 Å². The minimum atomic E-state index is -0.640. The van der Waals surface area contributed by atoms with Gasteiger partial charge in [-0.25, -0.2) is 4.79 Å². The summed E-state index contributed by atoms with van der Waals surface area (Å²) in [7, 11) is 0. The van der Waals surface area contributed by atoms with Gasteiger partial charge < -0.3 is 15.4 Å². The van der Waals surface area contributed by atoms with Gasteiger partial charge in [0.2, 0.25) is 5.91 Å². The highest BCUT2D eigenvalue weighted by Crippen LogP contribution is 2.04. The first-order valence-corrected chi connectivity index (χ1v) is 7.80. The van der Waals surface area contributed by atoms with Crippen LogP contribution in [0.3, 0.4) is 0 Å². The molecule has 22 heavy (non-hydrogen) atoms. The average molecular weight is 306 g/mol. The molecule has 2 N–H and O–H groups in total. The van der Waals surface area contributed by atoms with E-state index >= 15 is 0 Å². The van der Waals surface area contributed by atoms with Crippen LogP contribution in [0.5, 0.6) is 0 Å². The summed E-state index contributed by atoms with van der Waals surface area (Å²) in [5, 5.41) is 5.48. The van der Waals surface area contributed by atoms with Gasteiger partial charge in [-0.05, 0) is 25.8 Å². The van der Waals surface area contributed by atoms with Gasteiger partial charge in [-0.15, -0.1) is 0 Å². The Balaban J connectivity index is 2.65. The van der Waals surface area contributed by atoms with E-state index in [-0.39, 0.29) is 11.9 Å². The standard InChI is InChI=1S/C17H26N2O3/c1-4-5-11-22-17(21)19-15(16(20)18-13(2)3)12-14-9-7-6-8-10-14/h6-10,13,15H,4-5,11-12H2,1-3H3,(H,18,20)(H,19,21). The van der Waals surface area contributed by atoms with Crippen molar-refractivity contribution in [3.63, 3.8) is 0 Å². The zero-order valence-corrected chi connectivity index (χ0v) is 13.6. The Hall–Kier alpha value is -2.04. The number of benzene rings is 1. The van der Waals surface area contributed by atoms with E-state index in [0.29, 0.717) is 13.0 Å². The number of amides is 2. The number of rotatable bonds is 8. The number of carbonyl (C=O) groups excluding carboxylic acids is 2. The summed E-state index contributed by atoms with van der Waals surface area (Å²) in [5.74, 6) is -0.203. The zero-order valence-electron chi connectivity index (χ0n) is 13.6. The van der Waals surface area contributed by atoms with Gasteiger partial charge in [0, 0.05) is 12.5 Å². The highest BCUT2D eigenvalue weighted by atomic mass is 16.5. The first kappa shape index (κ1) is 18.0. The predicted octanol–water partition coefficient (Wildman–Crippen LogP) is 2.65. The fourth-order valence-corrected chi connectivity index (χ4v) is 1.94. The van der Waals surface area contributed by atoms with Crippen LogP contribution in [0.1, 0.15) is 39.2 Å². The van der Waals surface area contributed by atoms with Crippen molar-refractivity contribution < 1.29 is 14.3 Å². The molecule has 0 radical (unpaired) electrons. The van der Waals surface area contributed by atoms with E-state index in [2.05, 4.69) is 10.6 Å². The molecule has 0 aliphatic carbocycles. The smallest absolute Gasteiger partial charge is 0.407 e. The molecule has 5 nitrogen and oxygen atoms in total. The van der Waals surface area contributed by atoms with Gasteiger partial charge in [0.15, 0.2) is 0 Å². The zero-order chi connectivity index (χ0) is 16.4. The van der Waals surface area contributed by atoms with E-state index in [1.807, 2.05) is 51.1 Å². The van der Waals surface area contributed by atoms with Crippen molar-refractivity contribution in [2.75, 3.05) is 6.61 Å². The van der Waals surface area contributed by atoms with E-state index in [9.17, 15) is 9.59 Å². The van der Waals surface area contributed by atoms with Crippen molar-refractivity contribution in [3.05, 3.63) is 35.9 Å². The molecular weight excluding hydrogens is 280 g/mol. The second-order valence-corrected chi connectivity index (χ2v) is 5.54. The Morgan fingerprint density at radius 3 is 2.41 bits per heavy atom. The van der Waals surface area contributed by atoms with Crippen molar-refractivity contribution in [2.24, 2.45) is 0 Å². The van der Waals surface area contributed by atoms with Gasteiger partial charge in [-0.3, -0.25) is 4.79 Å². The van der Waals surface area contributed by atoms with Crippen LogP contribution in [-0.4, -0.2) is 30.7 Å². The van der Waals surface area contributed by atoms with Gasteiger partial charge >= 0.3 is 6.09 Å². The van der Waals surface area contributed by atoms with Crippen LogP contribution < -0.4 is 10.6 Å². The number of unbranched alkanes of at least 4 members (excludes halogenated alkanes) is 1. The highest BCUT2D eigenvalue weighted by molar-refractivity contribution is 5.86. The lowest BCUT2D eigenvalue weighted by molar-refractivity contribution is -0.123. The number of hydrogen-bond donors (Lipinski definition) is 2. The number of carbonyl (C=O) groups is 2. The maximum absolute atomic E-state index is 12.2. The minimum Gasteiger partial charge on any atom is -0.450 e. The van der Waals surface area contributed by atoms with Crippen LogP contribution in [0.2, 0.25) is 0 Å². The van der Waals surface area contributed by atoms with Crippen molar-refractivity contribution >= 4 is 12.0 Å². The minimum absolute atomic E-state index is 0.0173. The van der Waals surface area contributed by atoms with E-state index in [4.69, 9.17) is 4.74 Å². The van der Waals surface area contributed by atoms with Crippen molar-refractivity contribution in [1.82, 2.24) is 10.6 Å². The molecule has 122 valence electrons. The van der Waals surface area contributed by atoms with Crippen LogP contribution in [0, 0.1) is 0 Å². The second kappa shape index (κ2) is 9.82. The van der Waals surface area contributed by atoms with E-state index in [1.54, 1.807) is 0 Å². The van der Waals surface area contributed by atoms with Gasteiger partial charge in [-0.2, -0.15) is 0 Å². The molecule has 2 amide bonds. The summed E-state index contributed by atoms with van der Waals surface area (Å²) in [6.07, 6.45) is 1.65. The Labute approximate surface area is 132 Å². The van der Waals surface area contributed by atoms with Crippen LogP contribution in [0.15, 0.2) is 30.3 Å². The molecule has 0 aliphatic heterocycles. The third kappa shape index (κ3) is 7.11.